The number of amides is 1. The molecule has 0 fully saturated rings. The maximum Gasteiger partial charge on any atom is 0.242 e. The maximum absolute atomic E-state index is 13.6. The van der Waals surface area contributed by atoms with Crippen LogP contribution in [0, 0.1) is 13.8 Å². The highest BCUT2D eigenvalue weighted by Crippen LogP contribution is 2.37. The summed E-state index contributed by atoms with van der Waals surface area (Å²) in [5, 5.41) is 9.58. The zero-order valence-corrected chi connectivity index (χ0v) is 22.6. The van der Waals surface area contributed by atoms with E-state index in [1.807, 2.05) is 111 Å². The number of carbonyl (C=O) groups excluding carboxylic acids is 1. The van der Waals surface area contributed by atoms with E-state index in [2.05, 4.69) is 16.0 Å². The fourth-order valence-corrected chi connectivity index (χ4v) is 5.23. The average molecular weight is 528 g/mol. The van der Waals surface area contributed by atoms with Crippen molar-refractivity contribution in [3.63, 3.8) is 0 Å². The Kier molecular flexibility index (Phi) is 8.82. The molecule has 0 saturated carbocycles. The topological polar surface area (TPSA) is 62.4 Å². The molecule has 4 aromatic carbocycles. The Bertz CT molecular complexity index is 1370. The lowest BCUT2D eigenvalue weighted by Gasteiger charge is -2.19. The second kappa shape index (κ2) is 12.4. The van der Waals surface area contributed by atoms with Crippen molar-refractivity contribution >= 4 is 52.1 Å². The molecule has 0 aromatic heterocycles. The third kappa shape index (κ3) is 6.90. The number of hydrogen-bond donors (Lipinski definition) is 3. The molecule has 1 atom stereocenters. The first-order chi connectivity index (χ1) is 17.9. The number of carbonyl (C=O) groups is 1. The van der Waals surface area contributed by atoms with Crippen LogP contribution in [0.5, 0.6) is 5.75 Å². The first kappa shape index (κ1) is 26.3. The van der Waals surface area contributed by atoms with Gasteiger partial charge in [0.25, 0.3) is 0 Å². The molecule has 4 aromatic rings. The van der Waals surface area contributed by atoms with Crippen molar-refractivity contribution in [2.75, 3.05) is 23.1 Å². The van der Waals surface area contributed by atoms with Crippen molar-refractivity contribution in [1.29, 1.82) is 0 Å². The smallest absolute Gasteiger partial charge is 0.242 e. The lowest BCUT2D eigenvalue weighted by molar-refractivity contribution is -0.115. The second-order valence-electron chi connectivity index (χ2n) is 8.47. The Balaban J connectivity index is 1.52. The fraction of sp³-hybridized carbons (Fsp3) is 0.133. The van der Waals surface area contributed by atoms with Gasteiger partial charge < -0.3 is 20.7 Å². The summed E-state index contributed by atoms with van der Waals surface area (Å²) in [4.78, 5) is 14.5. The lowest BCUT2D eigenvalue weighted by atomic mass is 10.1. The number of thiocarbonyl (C=S) groups is 1. The molecule has 5 nitrogen and oxygen atoms in total. The standard InChI is InChI=1S/C30H29N3O2S2/c1-20-11-9-12-21(2)27(20)33-29(34)28(22-13-5-4-6-14-22)37-24-16-10-15-23(19-24)31-30(36)32-25-17-7-8-18-26(25)35-3/h4-19,28H,1-3H3,(H,33,34)(H2,31,32,36). The SMILES string of the molecule is COc1ccccc1NC(=S)Nc1cccc(SC(C(=O)Nc2c(C)cccc2C)c2ccccc2)c1. The number of hydrogen-bond acceptors (Lipinski definition) is 4. The van der Waals surface area contributed by atoms with E-state index in [9.17, 15) is 4.79 Å². The molecular formula is C30H29N3O2S2. The third-order valence-electron chi connectivity index (χ3n) is 5.77. The van der Waals surface area contributed by atoms with Crippen LogP contribution in [0.3, 0.4) is 0 Å². The molecule has 188 valence electrons. The number of thioether (sulfide) groups is 1. The van der Waals surface area contributed by atoms with E-state index >= 15 is 0 Å². The van der Waals surface area contributed by atoms with Gasteiger partial charge in [-0.2, -0.15) is 0 Å². The number of benzene rings is 4. The number of methoxy groups -OCH3 is 1. The van der Waals surface area contributed by atoms with Gasteiger partial charge in [0.15, 0.2) is 5.11 Å². The van der Waals surface area contributed by atoms with Crippen LogP contribution in [0.4, 0.5) is 17.1 Å². The minimum Gasteiger partial charge on any atom is -0.495 e. The summed E-state index contributed by atoms with van der Waals surface area (Å²) in [6, 6.07) is 31.3. The summed E-state index contributed by atoms with van der Waals surface area (Å²) < 4.78 is 5.39. The molecule has 7 heteroatoms. The minimum atomic E-state index is -0.436. The van der Waals surface area contributed by atoms with Crippen LogP contribution in [0.1, 0.15) is 21.9 Å². The highest BCUT2D eigenvalue weighted by atomic mass is 32.2. The van der Waals surface area contributed by atoms with Crippen molar-refractivity contribution < 1.29 is 9.53 Å². The number of rotatable bonds is 8. The summed E-state index contributed by atoms with van der Waals surface area (Å²) in [7, 11) is 1.62. The molecule has 0 aliphatic carbocycles. The van der Waals surface area contributed by atoms with Crippen molar-refractivity contribution in [3.05, 3.63) is 114 Å². The monoisotopic (exact) mass is 527 g/mol. The average Bonchev–Trinajstić information content (AvgIpc) is 2.90. The summed E-state index contributed by atoms with van der Waals surface area (Å²) >= 11 is 7.02. The van der Waals surface area contributed by atoms with E-state index in [-0.39, 0.29) is 5.91 Å². The molecule has 3 N–H and O–H groups in total. The van der Waals surface area contributed by atoms with Gasteiger partial charge in [-0.25, -0.2) is 0 Å². The highest BCUT2D eigenvalue weighted by molar-refractivity contribution is 8.00. The molecule has 0 heterocycles. The van der Waals surface area contributed by atoms with Crippen LogP contribution < -0.4 is 20.7 Å². The maximum atomic E-state index is 13.6. The van der Waals surface area contributed by atoms with Crippen LogP contribution >= 0.6 is 24.0 Å². The van der Waals surface area contributed by atoms with Crippen LogP contribution in [-0.4, -0.2) is 18.1 Å². The first-order valence-corrected chi connectivity index (χ1v) is 13.1. The number of ether oxygens (including phenoxy) is 1. The largest absolute Gasteiger partial charge is 0.495 e. The Morgan fingerprint density at radius 1 is 0.811 bits per heavy atom. The molecule has 1 unspecified atom stereocenters. The highest BCUT2D eigenvalue weighted by Gasteiger charge is 2.23. The van der Waals surface area contributed by atoms with Crippen LogP contribution in [0.2, 0.25) is 0 Å². The van der Waals surface area contributed by atoms with E-state index in [1.165, 1.54) is 11.8 Å². The molecule has 0 spiro atoms. The third-order valence-corrected chi connectivity index (χ3v) is 7.22. The predicted octanol–water partition coefficient (Wildman–Crippen LogP) is 7.59. The Hall–Kier alpha value is -3.81. The van der Waals surface area contributed by atoms with E-state index < -0.39 is 5.25 Å². The molecule has 1 amide bonds. The van der Waals surface area contributed by atoms with Gasteiger partial charge in [-0.05, 0) is 73.1 Å². The van der Waals surface area contributed by atoms with Crippen LogP contribution in [0.15, 0.2) is 102 Å². The van der Waals surface area contributed by atoms with Crippen molar-refractivity contribution in [3.8, 4) is 5.75 Å². The molecular weight excluding hydrogens is 498 g/mol. The quantitative estimate of drug-likeness (QED) is 0.162. The van der Waals surface area contributed by atoms with Crippen molar-refractivity contribution in [2.24, 2.45) is 0 Å². The van der Waals surface area contributed by atoms with E-state index in [0.717, 1.165) is 38.6 Å². The van der Waals surface area contributed by atoms with Crippen LogP contribution in [0.25, 0.3) is 0 Å². The van der Waals surface area contributed by atoms with E-state index in [4.69, 9.17) is 17.0 Å². The van der Waals surface area contributed by atoms with Gasteiger partial charge in [-0.3, -0.25) is 4.79 Å². The van der Waals surface area contributed by atoms with Gasteiger partial charge in [0.05, 0.1) is 12.8 Å². The summed E-state index contributed by atoms with van der Waals surface area (Å²) in [5.74, 6) is 0.636. The summed E-state index contributed by atoms with van der Waals surface area (Å²) in [5.41, 5.74) is 5.46. The summed E-state index contributed by atoms with van der Waals surface area (Å²) in [6.45, 7) is 4.01. The molecule has 0 saturated heterocycles. The number of nitrogens with one attached hydrogen (secondary N) is 3. The number of para-hydroxylation sites is 3. The predicted molar refractivity (Wildman–Crippen MR) is 159 cm³/mol. The van der Waals surface area contributed by atoms with Gasteiger partial charge in [-0.15, -0.1) is 11.8 Å². The van der Waals surface area contributed by atoms with Gasteiger partial charge in [0.1, 0.15) is 11.0 Å². The number of aryl methyl sites for hydroxylation is 2. The molecule has 0 aliphatic rings. The van der Waals surface area contributed by atoms with Gasteiger partial charge in [0, 0.05) is 16.3 Å². The van der Waals surface area contributed by atoms with E-state index in [0.29, 0.717) is 10.9 Å². The van der Waals surface area contributed by atoms with Gasteiger partial charge >= 0.3 is 0 Å². The Morgan fingerprint density at radius 2 is 1.49 bits per heavy atom. The van der Waals surface area contributed by atoms with Gasteiger partial charge in [0.2, 0.25) is 5.91 Å². The fourth-order valence-electron chi connectivity index (χ4n) is 3.92. The lowest BCUT2D eigenvalue weighted by Crippen LogP contribution is -2.20. The van der Waals surface area contributed by atoms with Gasteiger partial charge in [-0.1, -0.05) is 66.7 Å². The minimum absolute atomic E-state index is 0.0691. The summed E-state index contributed by atoms with van der Waals surface area (Å²) in [6.07, 6.45) is 0. The molecule has 0 radical (unpaired) electrons. The molecule has 37 heavy (non-hydrogen) atoms. The zero-order valence-electron chi connectivity index (χ0n) is 20.9. The second-order valence-corrected chi connectivity index (χ2v) is 10.1. The number of anilines is 3. The molecule has 0 aliphatic heterocycles. The Labute approximate surface area is 227 Å². The van der Waals surface area contributed by atoms with Crippen molar-refractivity contribution in [2.45, 2.75) is 24.0 Å². The molecule has 0 bridgehead atoms. The van der Waals surface area contributed by atoms with Crippen LogP contribution in [-0.2, 0) is 4.79 Å². The van der Waals surface area contributed by atoms with Crippen molar-refractivity contribution in [1.82, 2.24) is 0 Å². The first-order valence-electron chi connectivity index (χ1n) is 11.8. The molecule has 4 rings (SSSR count). The van der Waals surface area contributed by atoms with E-state index in [1.54, 1.807) is 7.11 Å². The zero-order chi connectivity index (χ0) is 26.2. The normalized spacial score (nSPS) is 11.3. The Morgan fingerprint density at radius 3 is 2.22 bits per heavy atom.